The number of sulfone groups is 1. The number of benzene rings is 1. The van der Waals surface area contributed by atoms with Gasteiger partial charge in [-0.25, -0.2) is 13.4 Å². The number of hydrogen-bond donors (Lipinski definition) is 0. The average molecular weight is 533 g/mol. The van der Waals surface area contributed by atoms with Crippen LogP contribution in [0.1, 0.15) is 15.9 Å². The summed E-state index contributed by atoms with van der Waals surface area (Å²) in [6.45, 7) is 3.30. The third-order valence-electron chi connectivity index (χ3n) is 5.99. The van der Waals surface area contributed by atoms with Crippen LogP contribution in [0.15, 0.2) is 35.4 Å². The summed E-state index contributed by atoms with van der Waals surface area (Å²) in [6, 6.07) is 5.39. The molecule has 1 amide bonds. The van der Waals surface area contributed by atoms with Crippen LogP contribution in [0.3, 0.4) is 0 Å². The summed E-state index contributed by atoms with van der Waals surface area (Å²) in [6.07, 6.45) is -2.71. The lowest BCUT2D eigenvalue weighted by molar-refractivity contribution is -0.137. The van der Waals surface area contributed by atoms with E-state index in [-0.39, 0.29) is 40.3 Å². The fraction of sp³-hybridized carbons (Fsp3) is 0.455. The van der Waals surface area contributed by atoms with E-state index in [1.807, 2.05) is 4.90 Å². The topological polar surface area (TPSA) is 83.0 Å². The Hall–Kier alpha value is -2.57. The van der Waals surface area contributed by atoms with E-state index in [9.17, 15) is 26.4 Å². The van der Waals surface area contributed by atoms with Gasteiger partial charge in [-0.3, -0.25) is 4.79 Å². The van der Waals surface area contributed by atoms with Crippen molar-refractivity contribution in [2.24, 2.45) is 0 Å². The lowest BCUT2D eigenvalue weighted by atomic mass is 10.1. The number of amides is 1. The van der Waals surface area contributed by atoms with Gasteiger partial charge in [0.1, 0.15) is 5.82 Å². The van der Waals surface area contributed by atoms with Crippen molar-refractivity contribution in [2.45, 2.75) is 11.1 Å². The highest BCUT2D eigenvalue weighted by Crippen LogP contribution is 2.34. The average Bonchev–Trinajstić information content (AvgIpc) is 2.83. The van der Waals surface area contributed by atoms with Gasteiger partial charge in [0.2, 0.25) is 0 Å². The number of halogens is 4. The zero-order valence-corrected chi connectivity index (χ0v) is 20.5. The van der Waals surface area contributed by atoms with E-state index in [1.165, 1.54) is 12.1 Å². The van der Waals surface area contributed by atoms with Gasteiger partial charge in [-0.2, -0.15) is 13.2 Å². The molecule has 1 aromatic carbocycles. The van der Waals surface area contributed by atoms with Crippen molar-refractivity contribution in [3.8, 4) is 0 Å². The Morgan fingerprint density at radius 3 is 2.26 bits per heavy atom. The lowest BCUT2D eigenvalue weighted by Gasteiger charge is -2.37. The van der Waals surface area contributed by atoms with Gasteiger partial charge in [0.25, 0.3) is 5.91 Å². The Kier molecular flexibility index (Phi) is 7.16. The fourth-order valence-corrected chi connectivity index (χ4v) is 5.04. The number of nitrogens with zero attached hydrogens (tertiary/aromatic N) is 4. The quantitative estimate of drug-likeness (QED) is 0.599. The Balaban J connectivity index is 1.54. The molecule has 2 aromatic rings. The molecule has 4 rings (SSSR count). The number of carbonyl (C=O) groups excluding carboxylic acids is 1. The molecule has 2 aliphatic heterocycles. The van der Waals surface area contributed by atoms with Gasteiger partial charge in [0, 0.05) is 57.4 Å². The Labute approximate surface area is 206 Å². The number of alkyl halides is 3. The highest BCUT2D eigenvalue weighted by atomic mass is 35.5. The van der Waals surface area contributed by atoms with E-state index < -0.39 is 21.6 Å². The fourth-order valence-electron chi connectivity index (χ4n) is 4.11. The molecule has 0 aliphatic carbocycles. The van der Waals surface area contributed by atoms with Crippen LogP contribution in [-0.2, 0) is 20.8 Å². The molecule has 2 aliphatic rings. The summed E-state index contributed by atoms with van der Waals surface area (Å²) in [5, 5.41) is -0.116. The van der Waals surface area contributed by atoms with Gasteiger partial charge in [0.05, 0.1) is 34.3 Å². The molecule has 0 unspecified atom stereocenters. The van der Waals surface area contributed by atoms with Gasteiger partial charge < -0.3 is 19.4 Å². The first-order valence-electron chi connectivity index (χ1n) is 10.9. The number of aromatic nitrogens is 1. The van der Waals surface area contributed by atoms with Crippen LogP contribution in [0.5, 0.6) is 0 Å². The number of piperazine rings is 1. The SMILES string of the molecule is CS(=O)(=O)c1ccc(N2CCOCC2)c(C(=O)N2CCN(c3ncc(C(F)(F)F)cc3Cl)CC2)c1. The highest BCUT2D eigenvalue weighted by molar-refractivity contribution is 7.90. The van der Waals surface area contributed by atoms with Crippen molar-refractivity contribution < 1.29 is 31.1 Å². The van der Waals surface area contributed by atoms with E-state index in [1.54, 1.807) is 15.9 Å². The minimum absolute atomic E-state index is 0.0530. The smallest absolute Gasteiger partial charge is 0.378 e. The van der Waals surface area contributed by atoms with Gasteiger partial charge in [-0.15, -0.1) is 0 Å². The number of morpholine rings is 1. The van der Waals surface area contributed by atoms with Crippen LogP contribution >= 0.6 is 11.6 Å². The van der Waals surface area contributed by atoms with Gasteiger partial charge in [-0.1, -0.05) is 11.6 Å². The number of rotatable bonds is 4. The standard InChI is InChI=1S/C22H24ClF3N4O4S/c1-35(32,33)16-2-3-19(28-8-10-34-11-9-28)17(13-16)21(31)30-6-4-29(5-7-30)20-18(23)12-15(14-27-20)22(24,25)26/h2-3,12-14H,4-11H2,1H3. The van der Waals surface area contributed by atoms with Gasteiger partial charge in [-0.05, 0) is 24.3 Å². The van der Waals surface area contributed by atoms with Crippen LogP contribution in [0, 0.1) is 0 Å². The van der Waals surface area contributed by atoms with Gasteiger partial charge in [0.15, 0.2) is 9.84 Å². The molecule has 0 atom stereocenters. The zero-order valence-electron chi connectivity index (χ0n) is 18.9. The molecule has 0 N–H and O–H groups in total. The highest BCUT2D eigenvalue weighted by Gasteiger charge is 2.33. The third kappa shape index (κ3) is 5.65. The summed E-state index contributed by atoms with van der Waals surface area (Å²) in [7, 11) is -3.53. The Morgan fingerprint density at radius 1 is 1.03 bits per heavy atom. The summed E-state index contributed by atoms with van der Waals surface area (Å²) < 4.78 is 68.4. The molecule has 0 radical (unpaired) electrons. The van der Waals surface area contributed by atoms with Crippen molar-refractivity contribution in [1.29, 1.82) is 0 Å². The molecular formula is C22H24ClF3N4O4S. The third-order valence-corrected chi connectivity index (χ3v) is 7.38. The Bertz CT molecular complexity index is 1210. The predicted molar refractivity (Wildman–Crippen MR) is 125 cm³/mol. The van der Waals surface area contributed by atoms with Crippen molar-refractivity contribution >= 4 is 38.9 Å². The molecule has 35 heavy (non-hydrogen) atoms. The van der Waals surface area contributed by atoms with Crippen molar-refractivity contribution in [2.75, 3.05) is 68.5 Å². The lowest BCUT2D eigenvalue weighted by Crippen LogP contribution is -2.49. The zero-order chi connectivity index (χ0) is 25.4. The molecular weight excluding hydrogens is 509 g/mol. The molecule has 0 bridgehead atoms. The minimum atomic E-state index is -4.54. The van der Waals surface area contributed by atoms with Crippen LogP contribution in [0.2, 0.25) is 5.02 Å². The summed E-state index contributed by atoms with van der Waals surface area (Å²) >= 11 is 6.07. The molecule has 2 fully saturated rings. The number of hydrogen-bond acceptors (Lipinski definition) is 7. The first-order chi connectivity index (χ1) is 16.4. The first kappa shape index (κ1) is 25.5. The summed E-state index contributed by atoms with van der Waals surface area (Å²) in [5.41, 5.74) is -0.00370. The summed E-state index contributed by atoms with van der Waals surface area (Å²) in [5.74, 6) is -0.0945. The number of ether oxygens (including phenoxy) is 1. The maximum Gasteiger partial charge on any atom is 0.417 e. The van der Waals surface area contributed by atoms with Gasteiger partial charge >= 0.3 is 6.18 Å². The predicted octanol–water partition coefficient (Wildman–Crippen LogP) is 2.96. The molecule has 2 saturated heterocycles. The number of pyridine rings is 1. The van der Waals surface area contributed by atoms with E-state index in [4.69, 9.17) is 16.3 Å². The molecule has 0 spiro atoms. The number of carbonyl (C=O) groups is 1. The first-order valence-corrected chi connectivity index (χ1v) is 13.2. The van der Waals surface area contributed by atoms with Crippen molar-refractivity contribution in [3.05, 3.63) is 46.6 Å². The van der Waals surface area contributed by atoms with Crippen LogP contribution in [0.25, 0.3) is 0 Å². The van der Waals surface area contributed by atoms with Crippen LogP contribution < -0.4 is 9.80 Å². The van der Waals surface area contributed by atoms with Crippen LogP contribution in [0.4, 0.5) is 24.7 Å². The molecule has 13 heteroatoms. The minimum Gasteiger partial charge on any atom is -0.378 e. The monoisotopic (exact) mass is 532 g/mol. The van der Waals surface area contributed by atoms with Crippen LogP contribution in [-0.4, -0.2) is 82.9 Å². The van der Waals surface area contributed by atoms with E-state index in [0.717, 1.165) is 18.5 Å². The maximum atomic E-state index is 13.5. The maximum absolute atomic E-state index is 13.5. The molecule has 8 nitrogen and oxygen atoms in total. The van der Waals surface area contributed by atoms with Crippen molar-refractivity contribution in [1.82, 2.24) is 9.88 Å². The second-order valence-corrected chi connectivity index (χ2v) is 10.8. The molecule has 190 valence electrons. The summed E-state index contributed by atoms with van der Waals surface area (Å²) in [4.78, 5) is 22.8. The number of anilines is 2. The second kappa shape index (κ2) is 9.82. The molecule has 3 heterocycles. The van der Waals surface area contributed by atoms with E-state index in [2.05, 4.69) is 4.98 Å². The van der Waals surface area contributed by atoms with E-state index >= 15 is 0 Å². The molecule has 1 aromatic heterocycles. The Morgan fingerprint density at radius 2 is 1.69 bits per heavy atom. The van der Waals surface area contributed by atoms with E-state index in [0.29, 0.717) is 45.1 Å². The van der Waals surface area contributed by atoms with Crippen molar-refractivity contribution in [3.63, 3.8) is 0 Å². The second-order valence-electron chi connectivity index (χ2n) is 8.36. The largest absolute Gasteiger partial charge is 0.417 e. The normalized spacial score (nSPS) is 17.6. The molecule has 0 saturated carbocycles.